The van der Waals surface area contributed by atoms with E-state index < -0.39 is 0 Å². The molecular formula is C13H17ClN2O. The van der Waals surface area contributed by atoms with E-state index in [0.717, 1.165) is 16.9 Å². The van der Waals surface area contributed by atoms with Gasteiger partial charge in [-0.2, -0.15) is 0 Å². The van der Waals surface area contributed by atoms with Crippen LogP contribution in [-0.2, 0) is 6.54 Å². The van der Waals surface area contributed by atoms with Gasteiger partial charge in [-0.1, -0.05) is 25.4 Å². The Balaban J connectivity index is 2.62. The van der Waals surface area contributed by atoms with Gasteiger partial charge in [-0.25, -0.2) is 4.98 Å². The van der Waals surface area contributed by atoms with Crippen molar-refractivity contribution in [3.8, 4) is 0 Å². The van der Waals surface area contributed by atoms with Crippen LogP contribution in [0.15, 0.2) is 18.2 Å². The van der Waals surface area contributed by atoms with Gasteiger partial charge in [0.05, 0.1) is 23.7 Å². The first-order valence-corrected chi connectivity index (χ1v) is 6.20. The van der Waals surface area contributed by atoms with Gasteiger partial charge >= 0.3 is 0 Å². The van der Waals surface area contributed by atoms with Crippen molar-refractivity contribution < 1.29 is 5.11 Å². The highest BCUT2D eigenvalue weighted by molar-refractivity contribution is 6.31. The van der Waals surface area contributed by atoms with Crippen LogP contribution in [0.3, 0.4) is 0 Å². The number of imidazole rings is 1. The van der Waals surface area contributed by atoms with Crippen LogP contribution in [0.1, 0.15) is 32.5 Å². The van der Waals surface area contributed by atoms with Crippen molar-refractivity contribution in [1.29, 1.82) is 0 Å². The van der Waals surface area contributed by atoms with Crippen LogP contribution in [0, 0.1) is 0 Å². The average molecular weight is 253 g/mol. The summed E-state index contributed by atoms with van der Waals surface area (Å²) in [5.41, 5.74) is 1.92. The Morgan fingerprint density at radius 3 is 2.65 bits per heavy atom. The lowest BCUT2D eigenvalue weighted by Gasteiger charge is -2.12. The minimum Gasteiger partial charge on any atom is -0.392 e. The van der Waals surface area contributed by atoms with E-state index in [-0.39, 0.29) is 6.10 Å². The molecule has 0 saturated carbocycles. The number of nitrogens with zero attached hydrogens (tertiary/aromatic N) is 2. The van der Waals surface area contributed by atoms with Crippen LogP contribution in [0.2, 0.25) is 5.02 Å². The summed E-state index contributed by atoms with van der Waals surface area (Å²) in [5.74, 6) is 1.31. The first-order valence-electron chi connectivity index (χ1n) is 5.82. The van der Waals surface area contributed by atoms with Gasteiger partial charge in [-0.15, -0.1) is 0 Å². The average Bonchev–Trinajstić information content (AvgIpc) is 2.55. The second-order valence-electron chi connectivity index (χ2n) is 4.72. The lowest BCUT2D eigenvalue weighted by Crippen LogP contribution is -2.15. The van der Waals surface area contributed by atoms with Crippen LogP contribution in [0.4, 0.5) is 0 Å². The lowest BCUT2D eigenvalue weighted by molar-refractivity contribution is 0.173. The van der Waals surface area contributed by atoms with Crippen LogP contribution >= 0.6 is 11.6 Å². The van der Waals surface area contributed by atoms with E-state index in [1.54, 1.807) is 6.92 Å². The van der Waals surface area contributed by atoms with E-state index in [4.69, 9.17) is 11.6 Å². The maximum atomic E-state index is 9.57. The fourth-order valence-electron chi connectivity index (χ4n) is 2.02. The summed E-state index contributed by atoms with van der Waals surface area (Å²) in [6, 6.07) is 5.68. The molecule has 0 aliphatic carbocycles. The first-order chi connectivity index (χ1) is 7.99. The highest BCUT2D eigenvalue weighted by Crippen LogP contribution is 2.24. The van der Waals surface area contributed by atoms with Crippen LogP contribution in [-0.4, -0.2) is 20.8 Å². The molecule has 1 aromatic heterocycles. The van der Waals surface area contributed by atoms with Crippen molar-refractivity contribution in [1.82, 2.24) is 9.55 Å². The molecule has 2 rings (SSSR count). The number of benzene rings is 1. The van der Waals surface area contributed by atoms with Gasteiger partial charge in [0.1, 0.15) is 5.82 Å². The first kappa shape index (κ1) is 12.4. The Morgan fingerprint density at radius 2 is 2.06 bits per heavy atom. The third kappa shape index (κ3) is 2.45. The molecule has 0 saturated heterocycles. The molecule has 92 valence electrons. The van der Waals surface area contributed by atoms with Crippen molar-refractivity contribution >= 4 is 22.6 Å². The molecule has 1 aromatic carbocycles. The maximum Gasteiger partial charge on any atom is 0.112 e. The van der Waals surface area contributed by atoms with Crippen molar-refractivity contribution in [3.05, 3.63) is 29.0 Å². The molecular weight excluding hydrogens is 236 g/mol. The Kier molecular flexibility index (Phi) is 3.40. The van der Waals surface area contributed by atoms with Gasteiger partial charge in [0.2, 0.25) is 0 Å². The summed E-state index contributed by atoms with van der Waals surface area (Å²) in [6.07, 6.45) is -0.388. The molecule has 0 spiro atoms. The topological polar surface area (TPSA) is 38.0 Å². The molecule has 0 amide bonds. The summed E-state index contributed by atoms with van der Waals surface area (Å²) >= 11 is 5.97. The smallest absolute Gasteiger partial charge is 0.112 e. The molecule has 4 heteroatoms. The highest BCUT2D eigenvalue weighted by atomic mass is 35.5. The predicted octanol–water partition coefficient (Wildman–Crippen LogP) is 3.19. The molecule has 0 radical (unpaired) electrons. The number of halogens is 1. The number of hydrogen-bond acceptors (Lipinski definition) is 2. The molecule has 0 aliphatic rings. The van der Waals surface area contributed by atoms with Gasteiger partial charge in [0.15, 0.2) is 0 Å². The molecule has 17 heavy (non-hydrogen) atoms. The van der Waals surface area contributed by atoms with Gasteiger partial charge in [0, 0.05) is 10.9 Å². The molecule has 1 N–H and O–H groups in total. The zero-order valence-corrected chi connectivity index (χ0v) is 11.1. The molecule has 0 aliphatic heterocycles. The second-order valence-corrected chi connectivity index (χ2v) is 5.15. The SMILES string of the molecule is CC(O)Cn1c(C(C)C)nc2cc(Cl)ccc21. The Hall–Kier alpha value is -1.06. The Morgan fingerprint density at radius 1 is 1.35 bits per heavy atom. The van der Waals surface area contributed by atoms with Crippen molar-refractivity contribution in [2.24, 2.45) is 0 Å². The standard InChI is InChI=1S/C13H17ClN2O/c1-8(2)13-15-11-6-10(14)4-5-12(11)16(13)7-9(3)17/h4-6,8-9,17H,7H2,1-3H3. The number of aromatic nitrogens is 2. The third-order valence-electron chi connectivity index (χ3n) is 2.70. The number of fused-ring (bicyclic) bond motifs is 1. The van der Waals surface area contributed by atoms with E-state index in [1.807, 2.05) is 18.2 Å². The molecule has 3 nitrogen and oxygen atoms in total. The quantitative estimate of drug-likeness (QED) is 0.911. The minimum absolute atomic E-state index is 0.319. The van der Waals surface area contributed by atoms with Gasteiger partial charge in [-0.3, -0.25) is 0 Å². The summed E-state index contributed by atoms with van der Waals surface area (Å²) < 4.78 is 2.07. The minimum atomic E-state index is -0.388. The molecule has 0 bridgehead atoms. The molecule has 1 atom stereocenters. The molecule has 2 aromatic rings. The summed E-state index contributed by atoms with van der Waals surface area (Å²) in [7, 11) is 0. The van der Waals surface area contributed by atoms with Gasteiger partial charge in [-0.05, 0) is 25.1 Å². The van der Waals surface area contributed by atoms with Crippen molar-refractivity contribution in [2.75, 3.05) is 0 Å². The van der Waals surface area contributed by atoms with E-state index in [9.17, 15) is 5.11 Å². The second kappa shape index (κ2) is 4.67. The fraction of sp³-hybridized carbons (Fsp3) is 0.462. The van der Waals surface area contributed by atoms with E-state index in [1.165, 1.54) is 0 Å². The summed E-state index contributed by atoms with van der Waals surface area (Å²) in [4.78, 5) is 4.59. The molecule has 0 fully saturated rings. The zero-order chi connectivity index (χ0) is 12.6. The third-order valence-corrected chi connectivity index (χ3v) is 2.94. The van der Waals surface area contributed by atoms with Gasteiger partial charge < -0.3 is 9.67 Å². The van der Waals surface area contributed by atoms with Crippen molar-refractivity contribution in [2.45, 2.75) is 39.3 Å². The monoisotopic (exact) mass is 252 g/mol. The van der Waals surface area contributed by atoms with Crippen LogP contribution in [0.5, 0.6) is 0 Å². The van der Waals surface area contributed by atoms with Gasteiger partial charge in [0.25, 0.3) is 0 Å². The lowest BCUT2D eigenvalue weighted by atomic mass is 10.2. The van der Waals surface area contributed by atoms with Crippen molar-refractivity contribution in [3.63, 3.8) is 0 Å². The summed E-state index contributed by atoms with van der Waals surface area (Å²) in [5, 5.41) is 10.3. The summed E-state index contributed by atoms with van der Waals surface area (Å²) in [6.45, 7) is 6.54. The maximum absolute atomic E-state index is 9.57. The van der Waals surface area contributed by atoms with E-state index >= 15 is 0 Å². The Bertz CT molecular complexity index is 531. The molecule has 1 heterocycles. The highest BCUT2D eigenvalue weighted by Gasteiger charge is 2.14. The number of aliphatic hydroxyl groups is 1. The molecule has 1 unspecified atom stereocenters. The number of hydrogen-bond donors (Lipinski definition) is 1. The van der Waals surface area contributed by atoms with Crippen LogP contribution < -0.4 is 0 Å². The fourth-order valence-corrected chi connectivity index (χ4v) is 2.18. The predicted molar refractivity (Wildman–Crippen MR) is 70.5 cm³/mol. The largest absolute Gasteiger partial charge is 0.392 e. The van der Waals surface area contributed by atoms with E-state index in [2.05, 4.69) is 23.4 Å². The Labute approximate surface area is 106 Å². The number of aliphatic hydroxyl groups excluding tert-OH is 1. The van der Waals surface area contributed by atoms with Crippen LogP contribution in [0.25, 0.3) is 11.0 Å². The van der Waals surface area contributed by atoms with E-state index in [0.29, 0.717) is 17.5 Å². The number of rotatable bonds is 3. The zero-order valence-electron chi connectivity index (χ0n) is 10.3. The normalized spacial score (nSPS) is 13.5.